The van der Waals surface area contributed by atoms with Gasteiger partial charge in [-0.2, -0.15) is 31.3 Å². The topological polar surface area (TPSA) is 167 Å². The molecule has 4 rings (SSSR count). The number of halogens is 7. The largest absolute Gasteiger partial charge is 0.417 e. The Morgan fingerprint density at radius 2 is 1.00 bits per heavy atom. The number of nitrogens with zero attached hydrogens (tertiary/aromatic N) is 1. The van der Waals surface area contributed by atoms with E-state index >= 15 is 0 Å². The van der Waals surface area contributed by atoms with Gasteiger partial charge in [0.15, 0.2) is 25.6 Å². The van der Waals surface area contributed by atoms with Crippen molar-refractivity contribution in [1.82, 2.24) is 0 Å². The summed E-state index contributed by atoms with van der Waals surface area (Å²) in [5.41, 5.74) is 7.33. The third kappa shape index (κ3) is 11.0. The Balaban J connectivity index is 0.000000287. The highest BCUT2D eigenvalue weighted by atomic mass is 35.5. The summed E-state index contributed by atoms with van der Waals surface area (Å²) in [6.45, 7) is 3.24. The van der Waals surface area contributed by atoms with Gasteiger partial charge in [-0.05, 0) is 85.5 Å². The molecule has 0 unspecified atom stereocenters. The lowest BCUT2D eigenvalue weighted by Crippen LogP contribution is -2.26. The van der Waals surface area contributed by atoms with E-state index in [9.17, 15) is 52.8 Å². The second kappa shape index (κ2) is 18.0. The van der Waals surface area contributed by atoms with E-state index < -0.39 is 80.6 Å². The van der Waals surface area contributed by atoms with E-state index in [-0.39, 0.29) is 35.1 Å². The number of benzene rings is 2. The van der Waals surface area contributed by atoms with E-state index in [0.717, 1.165) is 37.8 Å². The van der Waals surface area contributed by atoms with Crippen molar-refractivity contribution in [3.63, 3.8) is 0 Å². The van der Waals surface area contributed by atoms with Gasteiger partial charge in [-0.25, -0.2) is 16.8 Å². The molecule has 0 atom stereocenters. The highest BCUT2D eigenvalue weighted by Gasteiger charge is 2.42. The van der Waals surface area contributed by atoms with Crippen LogP contribution in [-0.4, -0.2) is 44.4 Å². The monoisotopic (exact) mass is 815 g/mol. The number of alkyl halides is 6. The number of nitrogens with two attached hydrogens (primary N) is 2. The fraction of sp³-hybridized carbons (Fsp3) is 0.571. The SMILES string of the molecule is CCc1cc(S(=O)(=O)C2CCCCCC2)c(C(F)(F)F)cc1C(=O)Cl.CCc1cc(S(=O)(=O)C2CCCCCC2)c(C(F)(F)F)cc1C(=O)N=C(N)N. The third-order valence-corrected chi connectivity index (χ3v) is 14.4. The summed E-state index contributed by atoms with van der Waals surface area (Å²) in [4.78, 5) is 25.4. The molecular weight excluding hydrogens is 772 g/mol. The molecule has 0 bridgehead atoms. The third-order valence-electron chi connectivity index (χ3n) is 9.55. The van der Waals surface area contributed by atoms with Gasteiger partial charge in [-0.15, -0.1) is 0 Å². The molecule has 0 heterocycles. The number of aryl methyl sites for hydroxylation is 2. The Kier molecular flexibility index (Phi) is 15.0. The van der Waals surface area contributed by atoms with Crippen LogP contribution >= 0.6 is 11.6 Å². The van der Waals surface area contributed by atoms with Crippen molar-refractivity contribution < 1.29 is 52.8 Å². The standard InChI is InChI=1S/C18H24F3N3O3S.C17H20ClF3O3S/c1-2-11-9-15(28(26,27)12-7-5-3-4-6-8-12)14(18(19,20)21)10-13(11)16(25)24-17(22)23;1-2-11-9-15(14(17(19,20)21)10-13(11)16(18)22)25(23,24)12-7-5-3-4-6-8-12/h9-10,12H,2-8H2,1H3,(H4,22,23,24,25);9-10,12H,2-8H2,1H3. The van der Waals surface area contributed by atoms with Gasteiger partial charge >= 0.3 is 12.4 Å². The van der Waals surface area contributed by atoms with Crippen molar-refractivity contribution in [2.45, 2.75) is 136 Å². The van der Waals surface area contributed by atoms with Crippen molar-refractivity contribution in [2.24, 2.45) is 16.5 Å². The smallest absolute Gasteiger partial charge is 0.370 e. The predicted molar refractivity (Wildman–Crippen MR) is 189 cm³/mol. The lowest BCUT2D eigenvalue weighted by molar-refractivity contribution is -0.140. The van der Waals surface area contributed by atoms with E-state index in [2.05, 4.69) is 4.99 Å². The number of carbonyl (C=O) groups excluding carboxylic acids is 2. The zero-order valence-corrected chi connectivity index (χ0v) is 31.8. The number of aliphatic imine (C=N–C) groups is 1. The van der Waals surface area contributed by atoms with Gasteiger partial charge in [-0.1, -0.05) is 65.2 Å². The van der Waals surface area contributed by atoms with Crippen LogP contribution < -0.4 is 11.5 Å². The first-order valence-corrected chi connectivity index (χ1v) is 20.8. The molecule has 18 heteroatoms. The van der Waals surface area contributed by atoms with Gasteiger partial charge in [0.05, 0.1) is 31.4 Å². The summed E-state index contributed by atoms with van der Waals surface area (Å²) in [6, 6.07) is 3.08. The molecule has 0 aliphatic heterocycles. The first-order valence-electron chi connectivity index (χ1n) is 17.4. The van der Waals surface area contributed by atoms with Crippen LogP contribution in [0.25, 0.3) is 0 Å². The molecular formula is C35H44ClF6N3O6S2. The summed E-state index contributed by atoms with van der Waals surface area (Å²) in [5.74, 6) is -1.63. The molecule has 2 aromatic rings. The second-order valence-electron chi connectivity index (χ2n) is 13.1. The first kappa shape index (κ1) is 44.2. The Morgan fingerprint density at radius 3 is 1.30 bits per heavy atom. The van der Waals surface area contributed by atoms with Gasteiger partial charge in [0.2, 0.25) is 0 Å². The van der Waals surface area contributed by atoms with Gasteiger partial charge in [0, 0.05) is 11.1 Å². The quantitative estimate of drug-likeness (QED) is 0.0882. The fourth-order valence-electron chi connectivity index (χ4n) is 6.77. The summed E-state index contributed by atoms with van der Waals surface area (Å²) < 4.78 is 134. The van der Waals surface area contributed by atoms with Crippen LogP contribution in [0.2, 0.25) is 0 Å². The van der Waals surface area contributed by atoms with Crippen LogP contribution in [0, 0.1) is 0 Å². The van der Waals surface area contributed by atoms with Gasteiger partial charge in [-0.3, -0.25) is 9.59 Å². The van der Waals surface area contributed by atoms with Crippen LogP contribution in [0.3, 0.4) is 0 Å². The zero-order chi connectivity index (χ0) is 39.9. The van der Waals surface area contributed by atoms with Crippen molar-refractivity contribution >= 4 is 48.4 Å². The number of rotatable bonds is 8. The average molecular weight is 816 g/mol. The van der Waals surface area contributed by atoms with Crippen molar-refractivity contribution in [1.29, 1.82) is 0 Å². The van der Waals surface area contributed by atoms with Crippen molar-refractivity contribution in [3.05, 3.63) is 57.6 Å². The van der Waals surface area contributed by atoms with E-state index in [0.29, 0.717) is 63.5 Å². The summed E-state index contributed by atoms with van der Waals surface area (Å²) in [7, 11) is -8.36. The van der Waals surface area contributed by atoms with Crippen LogP contribution in [0.4, 0.5) is 26.3 Å². The van der Waals surface area contributed by atoms with Crippen LogP contribution in [0.15, 0.2) is 39.0 Å². The summed E-state index contributed by atoms with van der Waals surface area (Å²) in [6.07, 6.45) is -1.92. The molecule has 2 fully saturated rings. The van der Waals surface area contributed by atoms with Crippen LogP contribution in [0.5, 0.6) is 0 Å². The fourth-order valence-corrected chi connectivity index (χ4v) is 11.1. The second-order valence-corrected chi connectivity index (χ2v) is 17.9. The van der Waals surface area contributed by atoms with Crippen LogP contribution in [0.1, 0.15) is 134 Å². The minimum atomic E-state index is -4.95. The molecule has 2 saturated carbocycles. The normalized spacial score (nSPS) is 16.8. The zero-order valence-electron chi connectivity index (χ0n) is 29.4. The molecule has 2 aliphatic carbocycles. The van der Waals surface area contributed by atoms with Gasteiger partial charge in [0.25, 0.3) is 11.1 Å². The summed E-state index contributed by atoms with van der Waals surface area (Å²) in [5, 5.41) is -2.71. The van der Waals surface area contributed by atoms with Gasteiger partial charge in [0.1, 0.15) is 0 Å². The highest BCUT2D eigenvalue weighted by Crippen LogP contribution is 2.41. The maximum absolute atomic E-state index is 13.7. The molecule has 0 spiro atoms. The molecule has 4 N–H and O–H groups in total. The number of amides is 1. The van der Waals surface area contributed by atoms with Crippen molar-refractivity contribution in [3.8, 4) is 0 Å². The number of sulfone groups is 2. The molecule has 1 amide bonds. The Bertz CT molecular complexity index is 1900. The van der Waals surface area contributed by atoms with E-state index in [4.69, 9.17) is 23.1 Å². The maximum Gasteiger partial charge on any atom is 0.417 e. The molecule has 53 heavy (non-hydrogen) atoms. The minimum absolute atomic E-state index is 0.145. The summed E-state index contributed by atoms with van der Waals surface area (Å²) >= 11 is 5.39. The Hall–Kier alpha value is -3.18. The van der Waals surface area contributed by atoms with Gasteiger partial charge < -0.3 is 11.5 Å². The molecule has 0 aromatic heterocycles. The minimum Gasteiger partial charge on any atom is -0.370 e. The molecule has 2 aliphatic rings. The van der Waals surface area contributed by atoms with E-state index in [1.54, 1.807) is 13.8 Å². The first-order chi connectivity index (χ1) is 24.6. The lowest BCUT2D eigenvalue weighted by Gasteiger charge is -2.21. The molecule has 2 aromatic carbocycles. The van der Waals surface area contributed by atoms with E-state index in [1.807, 2.05) is 0 Å². The molecule has 9 nitrogen and oxygen atoms in total. The number of carbonyl (C=O) groups is 2. The maximum atomic E-state index is 13.7. The van der Waals surface area contributed by atoms with E-state index in [1.165, 1.54) is 0 Å². The lowest BCUT2D eigenvalue weighted by atomic mass is 10.0. The Labute approximate surface area is 310 Å². The molecule has 0 radical (unpaired) electrons. The predicted octanol–water partition coefficient (Wildman–Crippen LogP) is 8.32. The number of guanidine groups is 1. The average Bonchev–Trinajstić information content (AvgIpc) is 3.53. The Morgan fingerprint density at radius 1 is 0.660 bits per heavy atom. The number of hydrogen-bond donors (Lipinski definition) is 2. The van der Waals surface area contributed by atoms with Crippen molar-refractivity contribution in [2.75, 3.05) is 0 Å². The highest BCUT2D eigenvalue weighted by molar-refractivity contribution is 7.92. The molecule has 0 saturated heterocycles. The van der Waals surface area contributed by atoms with Crippen LogP contribution in [-0.2, 0) is 44.9 Å². The molecule has 296 valence electrons. The number of hydrogen-bond acceptors (Lipinski definition) is 6.